The lowest BCUT2D eigenvalue weighted by molar-refractivity contribution is 0.482. The molecule has 0 saturated heterocycles. The molecule has 0 atom stereocenters. The van der Waals surface area contributed by atoms with Crippen LogP contribution in [0.1, 0.15) is 5.82 Å². The smallest absolute Gasteiger partial charge is 0.276 e. The number of anilines is 1. The topological polar surface area (TPSA) is 72.9 Å². The minimum atomic E-state index is -0.124. The first-order valence-electron chi connectivity index (χ1n) is 3.84. The quantitative estimate of drug-likeness (QED) is 0.514. The molecule has 0 spiro atoms. The van der Waals surface area contributed by atoms with Crippen molar-refractivity contribution in [1.29, 1.82) is 0 Å². The normalized spacial score (nSPS) is 15.7. The molecule has 2 rings (SSSR count). The van der Waals surface area contributed by atoms with E-state index >= 15 is 0 Å². The molecule has 5 heteroatoms. The first-order chi connectivity index (χ1) is 5.79. The van der Waals surface area contributed by atoms with Gasteiger partial charge in [-0.3, -0.25) is 9.36 Å². The standard InChI is InChI=1S/C7H10N4O/c8-5-3-10-6-4-9-1-2-11(6)7(5)12/h3,9H,1-2,4,8H2. The average molecular weight is 166 g/mol. The molecule has 0 aromatic carbocycles. The number of nitrogens with one attached hydrogen (secondary N) is 1. The zero-order chi connectivity index (χ0) is 8.55. The van der Waals surface area contributed by atoms with E-state index in [0.29, 0.717) is 13.1 Å². The zero-order valence-electron chi connectivity index (χ0n) is 6.58. The van der Waals surface area contributed by atoms with Crippen molar-refractivity contribution >= 4 is 5.69 Å². The molecule has 1 aliphatic rings. The summed E-state index contributed by atoms with van der Waals surface area (Å²) in [4.78, 5) is 15.4. The Hall–Kier alpha value is -1.36. The average Bonchev–Trinajstić information content (AvgIpc) is 2.12. The van der Waals surface area contributed by atoms with E-state index in [0.717, 1.165) is 12.4 Å². The van der Waals surface area contributed by atoms with Crippen LogP contribution in [0.2, 0.25) is 0 Å². The molecule has 3 N–H and O–H groups in total. The van der Waals surface area contributed by atoms with Gasteiger partial charge >= 0.3 is 0 Å². The van der Waals surface area contributed by atoms with Gasteiger partial charge in [-0.25, -0.2) is 4.98 Å². The highest BCUT2D eigenvalue weighted by atomic mass is 16.1. The van der Waals surface area contributed by atoms with Crippen LogP contribution in [-0.4, -0.2) is 16.1 Å². The molecule has 0 fully saturated rings. The number of fused-ring (bicyclic) bond motifs is 1. The van der Waals surface area contributed by atoms with Crippen molar-refractivity contribution < 1.29 is 0 Å². The summed E-state index contributed by atoms with van der Waals surface area (Å²) in [5.41, 5.74) is 5.53. The lowest BCUT2D eigenvalue weighted by atomic mass is 10.4. The number of hydrogen-bond acceptors (Lipinski definition) is 4. The van der Waals surface area contributed by atoms with Gasteiger partial charge in [-0.2, -0.15) is 0 Å². The second-order valence-electron chi connectivity index (χ2n) is 2.76. The van der Waals surface area contributed by atoms with Crippen molar-refractivity contribution in [3.8, 4) is 0 Å². The maximum Gasteiger partial charge on any atom is 0.276 e. The SMILES string of the molecule is Nc1cnc2n(c1=O)CCNC2. The third-order valence-electron chi connectivity index (χ3n) is 1.95. The predicted molar refractivity (Wildman–Crippen MR) is 44.6 cm³/mol. The number of hydrogen-bond donors (Lipinski definition) is 2. The third-order valence-corrected chi connectivity index (χ3v) is 1.95. The molecule has 64 valence electrons. The molecule has 0 saturated carbocycles. The first kappa shape index (κ1) is 7.30. The Morgan fingerprint density at radius 1 is 1.67 bits per heavy atom. The fraction of sp³-hybridized carbons (Fsp3) is 0.429. The molecule has 5 nitrogen and oxygen atoms in total. The number of nitrogens with zero attached hydrogens (tertiary/aromatic N) is 2. The van der Waals surface area contributed by atoms with Crippen molar-refractivity contribution in [3.05, 3.63) is 22.4 Å². The van der Waals surface area contributed by atoms with Crippen LogP contribution in [0.25, 0.3) is 0 Å². The molecule has 1 aromatic heterocycles. The maximum absolute atomic E-state index is 11.4. The molecule has 2 heterocycles. The Balaban J connectivity index is 2.62. The van der Waals surface area contributed by atoms with E-state index in [1.165, 1.54) is 6.20 Å². The van der Waals surface area contributed by atoms with Gasteiger partial charge < -0.3 is 11.1 Å². The van der Waals surface area contributed by atoms with E-state index in [4.69, 9.17) is 5.73 Å². The highest BCUT2D eigenvalue weighted by molar-refractivity contribution is 5.31. The van der Waals surface area contributed by atoms with E-state index in [1.807, 2.05) is 0 Å². The maximum atomic E-state index is 11.4. The minimum Gasteiger partial charge on any atom is -0.393 e. The predicted octanol–water partition coefficient (Wildman–Crippen LogP) is -1.07. The molecule has 1 aromatic rings. The lowest BCUT2D eigenvalue weighted by Gasteiger charge is -2.17. The Morgan fingerprint density at radius 3 is 3.33 bits per heavy atom. The van der Waals surface area contributed by atoms with Crippen molar-refractivity contribution in [1.82, 2.24) is 14.9 Å². The number of rotatable bonds is 0. The molecular weight excluding hydrogens is 156 g/mol. The van der Waals surface area contributed by atoms with Crippen molar-refractivity contribution in [2.45, 2.75) is 13.1 Å². The van der Waals surface area contributed by atoms with Crippen LogP contribution in [0.15, 0.2) is 11.0 Å². The Labute approximate surface area is 69.2 Å². The Kier molecular flexibility index (Phi) is 1.58. The number of nitrogen functional groups attached to an aromatic ring is 1. The monoisotopic (exact) mass is 166 g/mol. The lowest BCUT2D eigenvalue weighted by Crippen LogP contribution is -2.37. The van der Waals surface area contributed by atoms with Gasteiger partial charge in [0.2, 0.25) is 0 Å². The molecule has 0 amide bonds. The van der Waals surface area contributed by atoms with Crippen LogP contribution < -0.4 is 16.6 Å². The zero-order valence-corrected chi connectivity index (χ0v) is 6.58. The fourth-order valence-electron chi connectivity index (χ4n) is 1.30. The van der Waals surface area contributed by atoms with Crippen molar-refractivity contribution in [2.24, 2.45) is 0 Å². The summed E-state index contributed by atoms with van der Waals surface area (Å²) in [6, 6.07) is 0. The minimum absolute atomic E-state index is 0.124. The fourth-order valence-corrected chi connectivity index (χ4v) is 1.30. The van der Waals surface area contributed by atoms with E-state index in [2.05, 4.69) is 10.3 Å². The Morgan fingerprint density at radius 2 is 2.50 bits per heavy atom. The number of nitrogens with two attached hydrogens (primary N) is 1. The summed E-state index contributed by atoms with van der Waals surface area (Å²) >= 11 is 0. The number of aromatic nitrogens is 2. The van der Waals surface area contributed by atoms with E-state index in [9.17, 15) is 4.79 Å². The van der Waals surface area contributed by atoms with Crippen molar-refractivity contribution in [2.75, 3.05) is 12.3 Å². The second kappa shape index (κ2) is 2.60. The molecule has 1 aliphatic heterocycles. The summed E-state index contributed by atoms with van der Waals surface area (Å²) in [6.45, 7) is 2.11. The highest BCUT2D eigenvalue weighted by Gasteiger charge is 2.11. The molecule has 0 bridgehead atoms. The van der Waals surface area contributed by atoms with Crippen LogP contribution in [-0.2, 0) is 13.1 Å². The van der Waals surface area contributed by atoms with E-state index in [-0.39, 0.29) is 11.2 Å². The Bertz CT molecular complexity index is 357. The van der Waals surface area contributed by atoms with Gasteiger partial charge in [0.25, 0.3) is 5.56 Å². The van der Waals surface area contributed by atoms with Crippen molar-refractivity contribution in [3.63, 3.8) is 0 Å². The molecule has 0 unspecified atom stereocenters. The van der Waals surface area contributed by atoms with Crippen LogP contribution >= 0.6 is 0 Å². The van der Waals surface area contributed by atoms with Crippen LogP contribution in [0.4, 0.5) is 5.69 Å². The summed E-state index contributed by atoms with van der Waals surface area (Å²) in [7, 11) is 0. The molecule has 0 radical (unpaired) electrons. The van der Waals surface area contributed by atoms with Gasteiger partial charge in [-0.15, -0.1) is 0 Å². The first-order valence-corrected chi connectivity index (χ1v) is 3.84. The van der Waals surface area contributed by atoms with Gasteiger partial charge in [0.15, 0.2) is 0 Å². The summed E-state index contributed by atoms with van der Waals surface area (Å²) < 4.78 is 1.62. The molecular formula is C7H10N4O. The summed E-state index contributed by atoms with van der Waals surface area (Å²) in [5, 5.41) is 3.12. The molecule has 0 aliphatic carbocycles. The van der Waals surface area contributed by atoms with Gasteiger partial charge in [0.05, 0.1) is 12.7 Å². The summed E-state index contributed by atoms with van der Waals surface area (Å²) in [6.07, 6.45) is 1.42. The van der Waals surface area contributed by atoms with E-state index < -0.39 is 0 Å². The van der Waals surface area contributed by atoms with E-state index in [1.54, 1.807) is 4.57 Å². The largest absolute Gasteiger partial charge is 0.393 e. The van der Waals surface area contributed by atoms with Gasteiger partial charge in [0.1, 0.15) is 11.5 Å². The van der Waals surface area contributed by atoms with Gasteiger partial charge in [-0.1, -0.05) is 0 Å². The van der Waals surface area contributed by atoms with Gasteiger partial charge in [0, 0.05) is 13.1 Å². The van der Waals surface area contributed by atoms with Crippen LogP contribution in [0.3, 0.4) is 0 Å². The van der Waals surface area contributed by atoms with Gasteiger partial charge in [-0.05, 0) is 0 Å². The second-order valence-corrected chi connectivity index (χ2v) is 2.76. The highest BCUT2D eigenvalue weighted by Crippen LogP contribution is 1.99. The molecule has 12 heavy (non-hydrogen) atoms. The summed E-state index contributed by atoms with van der Waals surface area (Å²) in [5.74, 6) is 0.764. The van der Waals surface area contributed by atoms with Crippen LogP contribution in [0, 0.1) is 0 Å². The third kappa shape index (κ3) is 0.984. The van der Waals surface area contributed by atoms with Crippen LogP contribution in [0.5, 0.6) is 0 Å².